The molecule has 0 saturated heterocycles. The Labute approximate surface area is 148 Å². The zero-order valence-electron chi connectivity index (χ0n) is 12.9. The summed E-state index contributed by atoms with van der Waals surface area (Å²) < 4.78 is 6.61. The molecule has 24 heavy (non-hydrogen) atoms. The van der Waals surface area contributed by atoms with Crippen LogP contribution in [-0.2, 0) is 19.4 Å². The molecule has 124 valence electrons. The van der Waals surface area contributed by atoms with Crippen molar-refractivity contribution in [2.45, 2.75) is 26.3 Å². The Balaban J connectivity index is 1.67. The Bertz CT molecular complexity index is 903. The van der Waals surface area contributed by atoms with E-state index < -0.39 is 0 Å². The molecule has 0 saturated carbocycles. The van der Waals surface area contributed by atoms with Crippen molar-refractivity contribution in [2.75, 3.05) is 0 Å². The Morgan fingerprint density at radius 1 is 1.12 bits per heavy atom. The molecule has 0 radical (unpaired) electrons. The first-order valence-corrected chi connectivity index (χ1v) is 8.06. The average Bonchev–Trinajstić information content (AvgIpc) is 2.99. The minimum Gasteiger partial charge on any atom is -0.337 e. The van der Waals surface area contributed by atoms with Gasteiger partial charge in [0.1, 0.15) is 17.4 Å². The molecule has 3 aromatic rings. The first-order chi connectivity index (χ1) is 11.5. The molecule has 1 aromatic carbocycles. The maximum absolute atomic E-state index is 12.0. The van der Waals surface area contributed by atoms with Crippen molar-refractivity contribution in [3.8, 4) is 0 Å². The number of nitrogens with zero attached hydrogens (tertiary/aromatic N) is 4. The highest BCUT2D eigenvalue weighted by atomic mass is 35.5. The van der Waals surface area contributed by atoms with Crippen LogP contribution in [0.3, 0.4) is 0 Å². The van der Waals surface area contributed by atoms with Gasteiger partial charge in [-0.15, -0.1) is 0 Å². The lowest BCUT2D eigenvalue weighted by molar-refractivity contribution is 0.364. The fourth-order valence-corrected chi connectivity index (χ4v) is 2.63. The molecular formula is C16H14Cl2N4O2. The Morgan fingerprint density at radius 2 is 1.88 bits per heavy atom. The quantitative estimate of drug-likeness (QED) is 0.695. The maximum atomic E-state index is 12.0. The van der Waals surface area contributed by atoms with E-state index in [1.165, 1.54) is 10.8 Å². The van der Waals surface area contributed by atoms with Crippen molar-refractivity contribution in [1.29, 1.82) is 0 Å². The third-order valence-electron chi connectivity index (χ3n) is 3.47. The van der Waals surface area contributed by atoms with E-state index in [1.807, 2.05) is 24.3 Å². The first-order valence-electron chi connectivity index (χ1n) is 7.31. The lowest BCUT2D eigenvalue weighted by atomic mass is 10.1. The van der Waals surface area contributed by atoms with Gasteiger partial charge in [-0.1, -0.05) is 40.5 Å². The van der Waals surface area contributed by atoms with E-state index >= 15 is 0 Å². The number of aromatic nitrogens is 4. The van der Waals surface area contributed by atoms with Crippen LogP contribution in [0.25, 0.3) is 0 Å². The lowest BCUT2D eigenvalue weighted by Gasteiger charge is -2.03. The van der Waals surface area contributed by atoms with E-state index in [0.29, 0.717) is 28.9 Å². The summed E-state index contributed by atoms with van der Waals surface area (Å²) in [6, 6.07) is 7.62. The van der Waals surface area contributed by atoms with E-state index in [1.54, 1.807) is 6.92 Å². The molecule has 0 aliphatic carbocycles. The van der Waals surface area contributed by atoms with Crippen molar-refractivity contribution < 1.29 is 4.52 Å². The molecule has 0 aliphatic heterocycles. The lowest BCUT2D eigenvalue weighted by Crippen LogP contribution is -2.23. The number of hydrogen-bond donors (Lipinski definition) is 0. The SMILES string of the molecule is Cc1nc(Cl)cn(Cc2nc(CCc3ccc(Cl)cc3)no2)c1=O. The fourth-order valence-electron chi connectivity index (χ4n) is 2.26. The average molecular weight is 365 g/mol. The van der Waals surface area contributed by atoms with Crippen molar-refractivity contribution in [3.05, 3.63) is 74.0 Å². The molecule has 0 spiro atoms. The fraction of sp³-hybridized carbons (Fsp3) is 0.250. The Kier molecular flexibility index (Phi) is 4.97. The van der Waals surface area contributed by atoms with Crippen LogP contribution in [0.2, 0.25) is 10.2 Å². The van der Waals surface area contributed by atoms with Crippen LogP contribution in [-0.4, -0.2) is 19.7 Å². The van der Waals surface area contributed by atoms with E-state index in [4.69, 9.17) is 27.7 Å². The molecular weight excluding hydrogens is 351 g/mol. The molecule has 3 rings (SSSR count). The van der Waals surface area contributed by atoms with Crippen LogP contribution in [0.5, 0.6) is 0 Å². The van der Waals surface area contributed by atoms with E-state index in [0.717, 1.165) is 12.0 Å². The second-order valence-corrected chi connectivity index (χ2v) is 6.14. The van der Waals surface area contributed by atoms with Gasteiger partial charge in [-0.3, -0.25) is 4.79 Å². The predicted molar refractivity (Wildman–Crippen MR) is 90.5 cm³/mol. The standard InChI is InChI=1S/C16H14Cl2N4O2/c1-10-16(23)22(8-13(18)19-10)9-15-20-14(21-24-15)7-4-11-2-5-12(17)6-3-11/h2-3,5-6,8H,4,7,9H2,1H3. The van der Waals surface area contributed by atoms with Crippen LogP contribution in [0.15, 0.2) is 39.8 Å². The maximum Gasteiger partial charge on any atom is 0.272 e. The normalized spacial score (nSPS) is 11.0. The molecule has 0 bridgehead atoms. The number of hydrogen-bond acceptors (Lipinski definition) is 5. The number of halogens is 2. The van der Waals surface area contributed by atoms with Gasteiger partial charge in [0.05, 0.1) is 0 Å². The molecule has 0 atom stereocenters. The highest BCUT2D eigenvalue weighted by Gasteiger charge is 2.10. The van der Waals surface area contributed by atoms with Gasteiger partial charge in [0.15, 0.2) is 5.82 Å². The second-order valence-electron chi connectivity index (χ2n) is 5.31. The molecule has 0 aliphatic rings. The molecule has 8 heteroatoms. The molecule has 0 unspecified atom stereocenters. The van der Waals surface area contributed by atoms with Crippen molar-refractivity contribution in [3.63, 3.8) is 0 Å². The smallest absolute Gasteiger partial charge is 0.272 e. The van der Waals surface area contributed by atoms with Crippen LogP contribution >= 0.6 is 23.2 Å². The van der Waals surface area contributed by atoms with Gasteiger partial charge in [0, 0.05) is 17.6 Å². The summed E-state index contributed by atoms with van der Waals surface area (Å²) in [7, 11) is 0. The largest absolute Gasteiger partial charge is 0.337 e. The van der Waals surface area contributed by atoms with Gasteiger partial charge in [-0.2, -0.15) is 4.98 Å². The summed E-state index contributed by atoms with van der Waals surface area (Å²) in [6.45, 7) is 1.77. The highest BCUT2D eigenvalue weighted by molar-refractivity contribution is 6.30. The van der Waals surface area contributed by atoms with Gasteiger partial charge < -0.3 is 9.09 Å². The number of aryl methyl sites for hydroxylation is 3. The van der Waals surface area contributed by atoms with Crippen molar-refractivity contribution in [2.24, 2.45) is 0 Å². The predicted octanol–water partition coefficient (Wildman–Crippen LogP) is 3.08. The van der Waals surface area contributed by atoms with Gasteiger partial charge in [-0.25, -0.2) is 4.98 Å². The zero-order chi connectivity index (χ0) is 17.1. The minimum atomic E-state index is -0.236. The summed E-state index contributed by atoms with van der Waals surface area (Å²) in [5.41, 5.74) is 1.23. The first kappa shape index (κ1) is 16.7. The van der Waals surface area contributed by atoms with E-state index in [2.05, 4.69) is 15.1 Å². The summed E-state index contributed by atoms with van der Waals surface area (Å²) >= 11 is 11.7. The van der Waals surface area contributed by atoms with Gasteiger partial charge >= 0.3 is 0 Å². The van der Waals surface area contributed by atoms with Gasteiger partial charge in [-0.05, 0) is 31.0 Å². The van der Waals surface area contributed by atoms with Crippen LogP contribution in [0, 0.1) is 6.92 Å². The third kappa shape index (κ3) is 4.01. The Morgan fingerprint density at radius 3 is 2.62 bits per heavy atom. The summed E-state index contributed by atoms with van der Waals surface area (Å²) in [6.07, 6.45) is 2.86. The molecule has 6 nitrogen and oxygen atoms in total. The van der Waals surface area contributed by atoms with E-state index in [-0.39, 0.29) is 17.3 Å². The van der Waals surface area contributed by atoms with Crippen molar-refractivity contribution >= 4 is 23.2 Å². The topological polar surface area (TPSA) is 73.8 Å². The summed E-state index contributed by atoms with van der Waals surface area (Å²) in [5.74, 6) is 0.940. The molecule has 0 fully saturated rings. The highest BCUT2D eigenvalue weighted by Crippen LogP contribution is 2.12. The third-order valence-corrected chi connectivity index (χ3v) is 3.91. The Hall–Kier alpha value is -2.18. The van der Waals surface area contributed by atoms with E-state index in [9.17, 15) is 4.79 Å². The summed E-state index contributed by atoms with van der Waals surface area (Å²) in [5, 5.41) is 4.89. The monoisotopic (exact) mass is 364 g/mol. The van der Waals surface area contributed by atoms with Gasteiger partial charge in [0.25, 0.3) is 5.56 Å². The van der Waals surface area contributed by atoms with Crippen LogP contribution in [0.4, 0.5) is 0 Å². The van der Waals surface area contributed by atoms with Gasteiger partial charge in [0.2, 0.25) is 5.89 Å². The van der Waals surface area contributed by atoms with Crippen molar-refractivity contribution in [1.82, 2.24) is 19.7 Å². The molecule has 0 amide bonds. The number of benzene rings is 1. The second kappa shape index (κ2) is 7.15. The zero-order valence-corrected chi connectivity index (χ0v) is 14.4. The summed E-state index contributed by atoms with van der Waals surface area (Å²) in [4.78, 5) is 20.2. The molecule has 0 N–H and O–H groups in total. The van der Waals surface area contributed by atoms with Crippen LogP contribution < -0.4 is 5.56 Å². The molecule has 2 aromatic heterocycles. The molecule has 2 heterocycles. The number of rotatable bonds is 5. The van der Waals surface area contributed by atoms with Crippen LogP contribution in [0.1, 0.15) is 23.0 Å². The minimum absolute atomic E-state index is 0.163.